The van der Waals surface area contributed by atoms with Crippen molar-refractivity contribution in [3.8, 4) is 0 Å². The molecular formula is C24H29N5O. The van der Waals surface area contributed by atoms with E-state index < -0.39 is 0 Å². The third kappa shape index (κ3) is 5.34. The van der Waals surface area contributed by atoms with E-state index in [9.17, 15) is 0 Å². The summed E-state index contributed by atoms with van der Waals surface area (Å²) in [7, 11) is 1.78. The van der Waals surface area contributed by atoms with Crippen LogP contribution in [0.4, 0.5) is 5.69 Å². The van der Waals surface area contributed by atoms with Crippen LogP contribution in [0.2, 0.25) is 0 Å². The standard InChI is InChI=1S/C24H29N5O/c1-30-23-16-29(17-23)15-18-2-4-21(5-3-18)27-11-8-19-13-26-10-9-24(19)20(12-25)14-28-22-6-7-22/h2-5,8-14,22-23,25,27-28H,6-7,15-17H2,1H3/b11-8+,20-14+,25-12?. The number of likely N-dealkylation sites (tertiary alicyclic amines) is 1. The predicted octanol–water partition coefficient (Wildman–Crippen LogP) is 3.74. The summed E-state index contributed by atoms with van der Waals surface area (Å²) in [6.45, 7) is 2.98. The summed E-state index contributed by atoms with van der Waals surface area (Å²) in [4.78, 5) is 6.63. The van der Waals surface area contributed by atoms with E-state index in [1.807, 2.05) is 30.7 Å². The van der Waals surface area contributed by atoms with Gasteiger partial charge in [-0.15, -0.1) is 0 Å². The number of anilines is 1. The molecule has 1 aliphatic carbocycles. The van der Waals surface area contributed by atoms with Crippen molar-refractivity contribution in [2.75, 3.05) is 25.5 Å². The Hall–Kier alpha value is -2.96. The number of hydrogen-bond acceptors (Lipinski definition) is 6. The second-order valence-electron chi connectivity index (χ2n) is 7.87. The van der Waals surface area contributed by atoms with Gasteiger partial charge in [0.25, 0.3) is 0 Å². The van der Waals surface area contributed by atoms with Crippen LogP contribution in [-0.2, 0) is 11.3 Å². The molecule has 1 aromatic heterocycles. The summed E-state index contributed by atoms with van der Waals surface area (Å²) in [6, 6.07) is 11.0. The molecule has 0 spiro atoms. The number of methoxy groups -OCH3 is 1. The number of aromatic nitrogens is 1. The van der Waals surface area contributed by atoms with Gasteiger partial charge in [0, 0.05) is 80.6 Å². The molecule has 2 fully saturated rings. The van der Waals surface area contributed by atoms with Crippen molar-refractivity contribution in [3.63, 3.8) is 0 Å². The molecule has 2 aliphatic rings. The van der Waals surface area contributed by atoms with Gasteiger partial charge in [-0.05, 0) is 48.2 Å². The average Bonchev–Trinajstić information content (AvgIpc) is 3.57. The molecule has 3 N–H and O–H groups in total. The van der Waals surface area contributed by atoms with E-state index in [-0.39, 0.29) is 0 Å². The van der Waals surface area contributed by atoms with Crippen LogP contribution in [0, 0.1) is 5.41 Å². The van der Waals surface area contributed by atoms with Crippen molar-refractivity contribution in [2.45, 2.75) is 31.5 Å². The number of allylic oxidation sites excluding steroid dienone is 1. The van der Waals surface area contributed by atoms with E-state index in [1.165, 1.54) is 24.6 Å². The number of ether oxygens (including phenoxy) is 1. The Kier molecular flexibility index (Phi) is 6.57. The smallest absolute Gasteiger partial charge is 0.0825 e. The van der Waals surface area contributed by atoms with E-state index in [0.717, 1.165) is 42.0 Å². The predicted molar refractivity (Wildman–Crippen MR) is 122 cm³/mol. The molecule has 1 saturated heterocycles. The maximum atomic E-state index is 7.78. The highest BCUT2D eigenvalue weighted by atomic mass is 16.5. The number of nitrogens with one attached hydrogen (secondary N) is 3. The van der Waals surface area contributed by atoms with E-state index in [4.69, 9.17) is 10.1 Å². The van der Waals surface area contributed by atoms with Crippen molar-refractivity contribution in [1.82, 2.24) is 15.2 Å². The molecule has 1 saturated carbocycles. The molecule has 0 atom stereocenters. The van der Waals surface area contributed by atoms with E-state index in [2.05, 4.69) is 44.8 Å². The Bertz CT molecular complexity index is 911. The summed E-state index contributed by atoms with van der Waals surface area (Å²) in [5, 5.41) is 14.5. The monoisotopic (exact) mass is 403 g/mol. The Morgan fingerprint density at radius 2 is 2.03 bits per heavy atom. The number of benzene rings is 1. The first kappa shape index (κ1) is 20.3. The minimum absolute atomic E-state index is 0.390. The lowest BCUT2D eigenvalue weighted by Gasteiger charge is -2.38. The molecule has 30 heavy (non-hydrogen) atoms. The largest absolute Gasteiger partial charge is 0.388 e. The van der Waals surface area contributed by atoms with Gasteiger partial charge in [-0.1, -0.05) is 12.1 Å². The van der Waals surface area contributed by atoms with Crippen LogP contribution in [0.25, 0.3) is 11.6 Å². The molecule has 2 aromatic rings. The van der Waals surface area contributed by atoms with Crippen molar-refractivity contribution in [3.05, 3.63) is 71.8 Å². The topological polar surface area (TPSA) is 73.3 Å². The third-order valence-corrected chi connectivity index (χ3v) is 5.50. The van der Waals surface area contributed by atoms with Gasteiger partial charge in [0.05, 0.1) is 6.10 Å². The summed E-state index contributed by atoms with van der Waals surface area (Å²) >= 11 is 0. The molecule has 2 heterocycles. The minimum atomic E-state index is 0.390. The molecule has 4 rings (SSSR count). The lowest BCUT2D eigenvalue weighted by molar-refractivity contribution is -0.0333. The quantitative estimate of drug-likeness (QED) is 0.527. The van der Waals surface area contributed by atoms with Crippen molar-refractivity contribution in [1.29, 1.82) is 5.41 Å². The molecular weight excluding hydrogens is 374 g/mol. The molecule has 156 valence electrons. The fraction of sp³-hybridized carbons (Fsp3) is 0.333. The highest BCUT2D eigenvalue weighted by Gasteiger charge is 2.25. The summed E-state index contributed by atoms with van der Waals surface area (Å²) < 4.78 is 5.33. The maximum Gasteiger partial charge on any atom is 0.0825 e. The van der Waals surface area contributed by atoms with E-state index in [1.54, 1.807) is 13.3 Å². The number of pyridine rings is 1. The van der Waals surface area contributed by atoms with Crippen LogP contribution in [0.15, 0.2) is 55.1 Å². The molecule has 0 unspecified atom stereocenters. The molecule has 0 amide bonds. The summed E-state index contributed by atoms with van der Waals surface area (Å²) in [5.74, 6) is 0. The van der Waals surface area contributed by atoms with Crippen molar-refractivity contribution >= 4 is 23.6 Å². The Labute approximate surface area is 178 Å². The fourth-order valence-corrected chi connectivity index (χ4v) is 3.45. The highest BCUT2D eigenvalue weighted by Crippen LogP contribution is 2.22. The zero-order valence-electron chi connectivity index (χ0n) is 17.3. The fourth-order valence-electron chi connectivity index (χ4n) is 3.45. The summed E-state index contributed by atoms with van der Waals surface area (Å²) in [5.41, 5.74) is 5.16. The summed E-state index contributed by atoms with van der Waals surface area (Å²) in [6.07, 6.45) is 13.6. The Balaban J connectivity index is 1.35. The van der Waals surface area contributed by atoms with Gasteiger partial charge in [0.15, 0.2) is 0 Å². The van der Waals surface area contributed by atoms with Gasteiger partial charge in [-0.2, -0.15) is 0 Å². The molecule has 0 bridgehead atoms. The lowest BCUT2D eigenvalue weighted by atomic mass is 10.0. The van der Waals surface area contributed by atoms with Crippen LogP contribution in [0.5, 0.6) is 0 Å². The molecule has 0 radical (unpaired) electrons. The maximum absolute atomic E-state index is 7.78. The Morgan fingerprint density at radius 3 is 2.73 bits per heavy atom. The zero-order valence-corrected chi connectivity index (χ0v) is 17.3. The first-order valence-corrected chi connectivity index (χ1v) is 10.4. The SMILES string of the molecule is COC1CN(Cc2ccc(N/C=C/c3cnccc3/C(C=N)=C/NC3CC3)cc2)C1. The Morgan fingerprint density at radius 1 is 1.23 bits per heavy atom. The van der Waals surface area contributed by atoms with Gasteiger partial charge in [-0.25, -0.2) is 0 Å². The lowest BCUT2D eigenvalue weighted by Crippen LogP contribution is -2.50. The second-order valence-corrected chi connectivity index (χ2v) is 7.87. The normalized spacial score (nSPS) is 17.7. The van der Waals surface area contributed by atoms with Gasteiger partial charge >= 0.3 is 0 Å². The van der Waals surface area contributed by atoms with Crippen LogP contribution < -0.4 is 10.6 Å². The highest BCUT2D eigenvalue weighted by molar-refractivity contribution is 6.09. The van der Waals surface area contributed by atoms with Crippen LogP contribution in [0.1, 0.15) is 29.5 Å². The second kappa shape index (κ2) is 9.69. The number of rotatable bonds is 10. The third-order valence-electron chi connectivity index (χ3n) is 5.50. The van der Waals surface area contributed by atoms with E-state index in [0.29, 0.717) is 12.1 Å². The van der Waals surface area contributed by atoms with Crippen LogP contribution >= 0.6 is 0 Å². The molecule has 6 heteroatoms. The van der Waals surface area contributed by atoms with Gasteiger partial charge < -0.3 is 20.8 Å². The van der Waals surface area contributed by atoms with Crippen LogP contribution in [-0.4, -0.2) is 48.4 Å². The molecule has 1 aliphatic heterocycles. The molecule has 6 nitrogen and oxygen atoms in total. The van der Waals surface area contributed by atoms with Crippen molar-refractivity contribution < 1.29 is 4.74 Å². The minimum Gasteiger partial charge on any atom is -0.388 e. The molecule has 1 aromatic carbocycles. The van der Waals surface area contributed by atoms with Gasteiger partial charge in [-0.3, -0.25) is 9.88 Å². The number of hydrogen-bond donors (Lipinski definition) is 3. The first-order valence-electron chi connectivity index (χ1n) is 10.4. The zero-order chi connectivity index (χ0) is 20.8. The average molecular weight is 404 g/mol. The van der Waals surface area contributed by atoms with Gasteiger partial charge in [0.1, 0.15) is 0 Å². The van der Waals surface area contributed by atoms with Crippen molar-refractivity contribution in [2.24, 2.45) is 0 Å². The van der Waals surface area contributed by atoms with E-state index >= 15 is 0 Å². The van der Waals surface area contributed by atoms with Gasteiger partial charge in [0.2, 0.25) is 0 Å². The number of nitrogens with zero attached hydrogens (tertiary/aromatic N) is 2. The first-order chi connectivity index (χ1) is 14.7. The van der Waals surface area contributed by atoms with Crippen LogP contribution in [0.3, 0.4) is 0 Å².